The first kappa shape index (κ1) is 19.7. The summed E-state index contributed by atoms with van der Waals surface area (Å²) in [7, 11) is 0. The molecule has 2 aromatic heterocycles. The zero-order chi connectivity index (χ0) is 20.4. The van der Waals surface area contributed by atoms with Crippen molar-refractivity contribution < 1.29 is 13.2 Å². The summed E-state index contributed by atoms with van der Waals surface area (Å²) in [6, 6.07) is 7.34. The second-order valence-corrected chi connectivity index (χ2v) is 7.47. The van der Waals surface area contributed by atoms with Crippen LogP contribution < -0.4 is 0 Å². The first-order valence-corrected chi connectivity index (χ1v) is 9.76. The number of nitrogens with zero attached hydrogens (tertiary/aromatic N) is 4. The highest BCUT2D eigenvalue weighted by Gasteiger charge is 2.21. The van der Waals surface area contributed by atoms with E-state index in [2.05, 4.69) is 32.8 Å². The monoisotopic (exact) mass is 398 g/mol. The molecule has 0 amide bonds. The molecule has 1 aliphatic heterocycles. The summed E-state index contributed by atoms with van der Waals surface area (Å²) in [5.74, 6) is -0.301. The Morgan fingerprint density at radius 2 is 1.66 bits per heavy atom. The van der Waals surface area contributed by atoms with Crippen LogP contribution in [0.1, 0.15) is 22.7 Å². The fraction of sp³-hybridized carbons (Fsp3) is 0.364. The van der Waals surface area contributed by atoms with E-state index in [9.17, 15) is 8.78 Å². The first-order valence-electron chi connectivity index (χ1n) is 9.76. The van der Waals surface area contributed by atoms with E-state index in [0.717, 1.165) is 62.3 Å². The van der Waals surface area contributed by atoms with Gasteiger partial charge in [0.25, 0.3) is 0 Å². The van der Waals surface area contributed by atoms with Gasteiger partial charge in [-0.25, -0.2) is 13.8 Å². The van der Waals surface area contributed by atoms with Gasteiger partial charge in [-0.05, 0) is 43.7 Å². The van der Waals surface area contributed by atoms with Gasteiger partial charge in [0.2, 0.25) is 5.89 Å². The molecule has 1 saturated heterocycles. The summed E-state index contributed by atoms with van der Waals surface area (Å²) in [4.78, 5) is 13.6. The number of oxazole rings is 1. The molecule has 4 rings (SSSR count). The van der Waals surface area contributed by atoms with Crippen molar-refractivity contribution in [2.24, 2.45) is 0 Å². The van der Waals surface area contributed by atoms with Crippen LogP contribution in [0.4, 0.5) is 8.78 Å². The predicted octanol–water partition coefficient (Wildman–Crippen LogP) is 3.95. The third-order valence-electron chi connectivity index (χ3n) is 5.38. The number of benzene rings is 1. The number of hydrogen-bond acceptors (Lipinski definition) is 5. The maximum atomic E-state index is 14.0. The lowest BCUT2D eigenvalue weighted by atomic mass is 10.2. The molecule has 0 radical (unpaired) electrons. The number of piperazine rings is 1. The molecule has 152 valence electrons. The second kappa shape index (κ2) is 8.39. The van der Waals surface area contributed by atoms with E-state index < -0.39 is 11.6 Å². The standard InChI is InChI=1S/C22H24F2N4O/c1-15-4-3-7-25-20(15)13-27-8-10-28(11-9-27)14-21-16(2)29-22(26-21)18-12-17(23)5-6-19(18)24/h3-7,12H,8-11,13-14H2,1-2H3. The minimum absolute atomic E-state index is 0.0508. The van der Waals surface area contributed by atoms with E-state index in [0.29, 0.717) is 12.3 Å². The third-order valence-corrected chi connectivity index (χ3v) is 5.38. The topological polar surface area (TPSA) is 45.4 Å². The van der Waals surface area contributed by atoms with Gasteiger partial charge in [0.15, 0.2) is 0 Å². The predicted molar refractivity (Wildman–Crippen MR) is 106 cm³/mol. The molecular formula is C22H24F2N4O. The van der Waals surface area contributed by atoms with Crippen LogP contribution in [-0.2, 0) is 13.1 Å². The van der Waals surface area contributed by atoms with Crippen molar-refractivity contribution >= 4 is 0 Å². The van der Waals surface area contributed by atoms with Gasteiger partial charge < -0.3 is 4.42 Å². The summed E-state index contributed by atoms with van der Waals surface area (Å²) in [5.41, 5.74) is 3.15. The van der Waals surface area contributed by atoms with Crippen molar-refractivity contribution in [3.05, 3.63) is 70.9 Å². The number of aromatic nitrogens is 2. The third kappa shape index (κ3) is 4.52. The molecule has 0 atom stereocenters. The van der Waals surface area contributed by atoms with Crippen molar-refractivity contribution in [3.63, 3.8) is 0 Å². The van der Waals surface area contributed by atoms with Crippen LogP contribution in [0.25, 0.3) is 11.5 Å². The van der Waals surface area contributed by atoms with Crippen molar-refractivity contribution in [2.45, 2.75) is 26.9 Å². The van der Waals surface area contributed by atoms with Gasteiger partial charge in [-0.3, -0.25) is 14.8 Å². The number of halogens is 2. The minimum atomic E-state index is -0.544. The molecular weight excluding hydrogens is 374 g/mol. The lowest BCUT2D eigenvalue weighted by Gasteiger charge is -2.34. The molecule has 1 fully saturated rings. The van der Waals surface area contributed by atoms with E-state index >= 15 is 0 Å². The van der Waals surface area contributed by atoms with Gasteiger partial charge in [0, 0.05) is 45.5 Å². The zero-order valence-corrected chi connectivity index (χ0v) is 16.7. The molecule has 0 spiro atoms. The molecule has 0 bridgehead atoms. The molecule has 0 aliphatic carbocycles. The summed E-state index contributed by atoms with van der Waals surface area (Å²) in [5, 5.41) is 0. The summed E-state index contributed by atoms with van der Waals surface area (Å²) >= 11 is 0. The Hall–Kier alpha value is -2.64. The summed E-state index contributed by atoms with van der Waals surface area (Å²) in [6.45, 7) is 9.07. The van der Waals surface area contributed by atoms with Gasteiger partial charge in [-0.15, -0.1) is 0 Å². The van der Waals surface area contributed by atoms with E-state index in [-0.39, 0.29) is 11.5 Å². The molecule has 0 saturated carbocycles. The van der Waals surface area contributed by atoms with Crippen LogP contribution in [0.3, 0.4) is 0 Å². The molecule has 29 heavy (non-hydrogen) atoms. The lowest BCUT2D eigenvalue weighted by molar-refractivity contribution is 0.119. The van der Waals surface area contributed by atoms with E-state index in [1.807, 2.05) is 19.2 Å². The zero-order valence-electron chi connectivity index (χ0n) is 16.7. The van der Waals surface area contributed by atoms with Crippen LogP contribution in [-0.4, -0.2) is 45.9 Å². The van der Waals surface area contributed by atoms with Crippen molar-refractivity contribution in [2.75, 3.05) is 26.2 Å². The van der Waals surface area contributed by atoms with Crippen LogP contribution in [0, 0.1) is 25.5 Å². The average Bonchev–Trinajstić information content (AvgIpc) is 3.07. The van der Waals surface area contributed by atoms with Gasteiger partial charge in [0.1, 0.15) is 17.4 Å². The lowest BCUT2D eigenvalue weighted by Crippen LogP contribution is -2.45. The SMILES string of the molecule is Cc1cccnc1CN1CCN(Cc2nc(-c3cc(F)ccc3F)oc2C)CC1. The Morgan fingerprint density at radius 3 is 2.34 bits per heavy atom. The highest BCUT2D eigenvalue weighted by Crippen LogP contribution is 2.26. The average molecular weight is 398 g/mol. The van der Waals surface area contributed by atoms with Crippen LogP contribution in [0.15, 0.2) is 40.9 Å². The molecule has 3 heterocycles. The Morgan fingerprint density at radius 1 is 0.966 bits per heavy atom. The fourth-order valence-corrected chi connectivity index (χ4v) is 3.56. The Kier molecular flexibility index (Phi) is 5.69. The Balaban J connectivity index is 1.38. The Labute approximate surface area is 169 Å². The maximum absolute atomic E-state index is 14.0. The van der Waals surface area contributed by atoms with Gasteiger partial charge >= 0.3 is 0 Å². The van der Waals surface area contributed by atoms with E-state index in [4.69, 9.17) is 4.42 Å². The smallest absolute Gasteiger partial charge is 0.229 e. The normalized spacial score (nSPS) is 15.7. The number of hydrogen-bond donors (Lipinski definition) is 0. The van der Waals surface area contributed by atoms with Crippen molar-refractivity contribution in [1.29, 1.82) is 0 Å². The number of rotatable bonds is 5. The number of pyridine rings is 1. The van der Waals surface area contributed by atoms with Crippen LogP contribution in [0.2, 0.25) is 0 Å². The summed E-state index contributed by atoms with van der Waals surface area (Å²) in [6.07, 6.45) is 1.84. The first-order chi connectivity index (χ1) is 14.0. The van der Waals surface area contributed by atoms with Gasteiger partial charge in [-0.1, -0.05) is 6.07 Å². The number of aryl methyl sites for hydroxylation is 2. The maximum Gasteiger partial charge on any atom is 0.229 e. The Bertz CT molecular complexity index is 996. The highest BCUT2D eigenvalue weighted by atomic mass is 19.1. The van der Waals surface area contributed by atoms with Crippen LogP contribution >= 0.6 is 0 Å². The van der Waals surface area contributed by atoms with Crippen molar-refractivity contribution in [1.82, 2.24) is 19.8 Å². The molecule has 1 aliphatic rings. The quantitative estimate of drug-likeness (QED) is 0.651. The molecule has 3 aromatic rings. The van der Waals surface area contributed by atoms with Gasteiger partial charge in [0.05, 0.1) is 17.0 Å². The molecule has 1 aromatic carbocycles. The van der Waals surface area contributed by atoms with Crippen LogP contribution in [0.5, 0.6) is 0 Å². The highest BCUT2D eigenvalue weighted by molar-refractivity contribution is 5.54. The van der Waals surface area contributed by atoms with E-state index in [1.165, 1.54) is 5.56 Å². The van der Waals surface area contributed by atoms with Gasteiger partial charge in [-0.2, -0.15) is 0 Å². The largest absolute Gasteiger partial charge is 0.441 e. The van der Waals surface area contributed by atoms with Crippen molar-refractivity contribution in [3.8, 4) is 11.5 Å². The molecule has 0 N–H and O–H groups in total. The fourth-order valence-electron chi connectivity index (χ4n) is 3.56. The second-order valence-electron chi connectivity index (χ2n) is 7.47. The molecule has 5 nitrogen and oxygen atoms in total. The molecule has 0 unspecified atom stereocenters. The summed E-state index contributed by atoms with van der Waals surface area (Å²) < 4.78 is 33.1. The van der Waals surface area contributed by atoms with E-state index in [1.54, 1.807) is 0 Å². The molecule has 7 heteroatoms. The minimum Gasteiger partial charge on any atom is -0.441 e.